The van der Waals surface area contributed by atoms with E-state index in [1.54, 1.807) is 0 Å². The zero-order valence-electron chi connectivity index (χ0n) is 9.74. The van der Waals surface area contributed by atoms with Crippen molar-refractivity contribution in [1.82, 2.24) is 5.43 Å². The molecule has 0 aromatic heterocycles. The molecule has 16 heavy (non-hydrogen) atoms. The Morgan fingerprint density at radius 1 is 1.31 bits per heavy atom. The summed E-state index contributed by atoms with van der Waals surface area (Å²) in [6.45, 7) is 4.88. The fourth-order valence-electron chi connectivity index (χ4n) is 1.48. The van der Waals surface area contributed by atoms with E-state index in [1.807, 2.05) is 24.3 Å². The van der Waals surface area contributed by atoms with Gasteiger partial charge in [0, 0.05) is 5.02 Å². The number of nitrogens with two attached hydrogens (primary N) is 1. The Bertz CT molecular complexity index is 300. The highest BCUT2D eigenvalue weighted by Crippen LogP contribution is 2.16. The Morgan fingerprint density at radius 2 is 1.94 bits per heavy atom. The molecule has 0 spiro atoms. The Hall–Kier alpha value is -0.770. The van der Waals surface area contributed by atoms with E-state index in [1.165, 1.54) is 0 Å². The van der Waals surface area contributed by atoms with Gasteiger partial charge < -0.3 is 4.74 Å². The minimum atomic E-state index is 0.177. The van der Waals surface area contributed by atoms with Crippen LogP contribution in [0.4, 0.5) is 0 Å². The smallest absolute Gasteiger partial charge is 0.119 e. The van der Waals surface area contributed by atoms with E-state index in [9.17, 15) is 0 Å². The molecular weight excluding hydrogens is 224 g/mol. The monoisotopic (exact) mass is 242 g/mol. The molecule has 90 valence electrons. The lowest BCUT2D eigenvalue weighted by Crippen LogP contribution is -2.40. The third-order valence-electron chi connectivity index (χ3n) is 2.26. The van der Waals surface area contributed by atoms with Gasteiger partial charge in [-0.25, -0.2) is 0 Å². The molecule has 0 aliphatic heterocycles. The van der Waals surface area contributed by atoms with Crippen molar-refractivity contribution < 1.29 is 4.74 Å². The summed E-state index contributed by atoms with van der Waals surface area (Å²) in [4.78, 5) is 0. The van der Waals surface area contributed by atoms with Crippen LogP contribution < -0.4 is 16.0 Å². The molecule has 0 bridgehead atoms. The van der Waals surface area contributed by atoms with E-state index in [-0.39, 0.29) is 6.04 Å². The molecular formula is C12H19ClN2O. The second-order valence-corrected chi connectivity index (χ2v) is 4.69. The van der Waals surface area contributed by atoms with Gasteiger partial charge in [-0.3, -0.25) is 11.3 Å². The first-order valence-corrected chi connectivity index (χ1v) is 5.84. The molecule has 1 aromatic carbocycles. The van der Waals surface area contributed by atoms with Crippen LogP contribution in [-0.2, 0) is 0 Å². The highest BCUT2D eigenvalue weighted by atomic mass is 35.5. The largest absolute Gasteiger partial charge is 0.492 e. The summed E-state index contributed by atoms with van der Waals surface area (Å²) < 4.78 is 5.61. The molecule has 1 unspecified atom stereocenters. The van der Waals surface area contributed by atoms with Crippen molar-refractivity contribution >= 4 is 11.6 Å². The van der Waals surface area contributed by atoms with Crippen LogP contribution in [0.2, 0.25) is 5.02 Å². The summed E-state index contributed by atoms with van der Waals surface area (Å²) in [5.41, 5.74) is 2.76. The summed E-state index contributed by atoms with van der Waals surface area (Å²) in [6.07, 6.45) is 0.990. The quantitative estimate of drug-likeness (QED) is 0.596. The van der Waals surface area contributed by atoms with Gasteiger partial charge >= 0.3 is 0 Å². The first-order chi connectivity index (χ1) is 7.61. The normalized spacial score (nSPS) is 12.8. The molecule has 4 heteroatoms. The molecule has 0 heterocycles. The zero-order chi connectivity index (χ0) is 12.0. The predicted octanol–water partition coefficient (Wildman–Crippen LogP) is 2.60. The summed E-state index contributed by atoms with van der Waals surface area (Å²) in [7, 11) is 0. The molecule has 0 amide bonds. The van der Waals surface area contributed by atoms with Crippen LogP contribution >= 0.6 is 11.6 Å². The van der Waals surface area contributed by atoms with Crippen molar-refractivity contribution in [3.05, 3.63) is 29.3 Å². The number of hydrazine groups is 1. The van der Waals surface area contributed by atoms with Crippen LogP contribution in [0.3, 0.4) is 0 Å². The van der Waals surface area contributed by atoms with Gasteiger partial charge in [0.1, 0.15) is 12.4 Å². The maximum atomic E-state index is 5.78. The number of rotatable bonds is 6. The summed E-state index contributed by atoms with van der Waals surface area (Å²) in [5, 5.41) is 0.711. The van der Waals surface area contributed by atoms with Gasteiger partial charge in [0.05, 0.1) is 6.04 Å². The maximum Gasteiger partial charge on any atom is 0.119 e. The van der Waals surface area contributed by atoms with Crippen LogP contribution in [0.15, 0.2) is 24.3 Å². The molecule has 0 aliphatic rings. The van der Waals surface area contributed by atoms with Gasteiger partial charge in [-0.2, -0.15) is 0 Å². The molecule has 0 radical (unpaired) electrons. The number of hydrogen-bond donors (Lipinski definition) is 2. The maximum absolute atomic E-state index is 5.78. The Labute approximate surface area is 102 Å². The van der Waals surface area contributed by atoms with Crippen LogP contribution in [0.1, 0.15) is 20.3 Å². The highest BCUT2D eigenvalue weighted by Gasteiger charge is 2.09. The molecule has 0 saturated carbocycles. The minimum Gasteiger partial charge on any atom is -0.492 e. The van der Waals surface area contributed by atoms with Crippen molar-refractivity contribution in [3.63, 3.8) is 0 Å². The van der Waals surface area contributed by atoms with Gasteiger partial charge in [-0.05, 0) is 36.6 Å². The molecule has 0 fully saturated rings. The van der Waals surface area contributed by atoms with Crippen molar-refractivity contribution in [2.75, 3.05) is 6.61 Å². The van der Waals surface area contributed by atoms with E-state index in [4.69, 9.17) is 22.2 Å². The third kappa shape index (κ3) is 4.84. The topological polar surface area (TPSA) is 47.3 Å². The second kappa shape index (κ2) is 6.74. The lowest BCUT2D eigenvalue weighted by atomic mass is 10.1. The second-order valence-electron chi connectivity index (χ2n) is 4.26. The van der Waals surface area contributed by atoms with Crippen LogP contribution in [-0.4, -0.2) is 12.6 Å². The van der Waals surface area contributed by atoms with Crippen LogP contribution in [0.5, 0.6) is 5.75 Å². The van der Waals surface area contributed by atoms with E-state index in [0.717, 1.165) is 12.2 Å². The van der Waals surface area contributed by atoms with Crippen molar-refractivity contribution in [3.8, 4) is 5.75 Å². The summed E-state index contributed by atoms with van der Waals surface area (Å²) in [5.74, 6) is 6.86. The van der Waals surface area contributed by atoms with Crippen molar-refractivity contribution in [1.29, 1.82) is 0 Å². The highest BCUT2D eigenvalue weighted by molar-refractivity contribution is 6.30. The number of nitrogens with one attached hydrogen (secondary N) is 1. The molecule has 0 saturated heterocycles. The van der Waals surface area contributed by atoms with Gasteiger partial charge in [0.25, 0.3) is 0 Å². The lowest BCUT2D eigenvalue weighted by molar-refractivity contribution is 0.245. The SMILES string of the molecule is CC(C)CC(COc1ccc(Cl)cc1)NN. The van der Waals surface area contributed by atoms with E-state index >= 15 is 0 Å². The number of halogens is 1. The third-order valence-corrected chi connectivity index (χ3v) is 2.51. The Morgan fingerprint density at radius 3 is 2.44 bits per heavy atom. The lowest BCUT2D eigenvalue weighted by Gasteiger charge is -2.18. The molecule has 1 aromatic rings. The van der Waals surface area contributed by atoms with E-state index in [0.29, 0.717) is 17.5 Å². The first kappa shape index (κ1) is 13.3. The fraction of sp³-hybridized carbons (Fsp3) is 0.500. The van der Waals surface area contributed by atoms with E-state index in [2.05, 4.69) is 19.3 Å². The first-order valence-electron chi connectivity index (χ1n) is 5.46. The van der Waals surface area contributed by atoms with Crippen LogP contribution in [0.25, 0.3) is 0 Å². The van der Waals surface area contributed by atoms with Crippen molar-refractivity contribution in [2.24, 2.45) is 11.8 Å². The van der Waals surface area contributed by atoms with Crippen LogP contribution in [0, 0.1) is 5.92 Å². The predicted molar refractivity (Wildman–Crippen MR) is 67.5 cm³/mol. The average molecular weight is 243 g/mol. The molecule has 0 aliphatic carbocycles. The fourth-order valence-corrected chi connectivity index (χ4v) is 1.61. The molecule has 3 N–H and O–H groups in total. The van der Waals surface area contributed by atoms with Crippen molar-refractivity contribution in [2.45, 2.75) is 26.3 Å². The average Bonchev–Trinajstić information content (AvgIpc) is 2.26. The van der Waals surface area contributed by atoms with Gasteiger partial charge in [-0.1, -0.05) is 25.4 Å². The minimum absolute atomic E-state index is 0.177. The van der Waals surface area contributed by atoms with Gasteiger partial charge in [0.15, 0.2) is 0 Å². The molecule has 1 atom stereocenters. The molecule has 1 rings (SSSR count). The van der Waals surface area contributed by atoms with Gasteiger partial charge in [-0.15, -0.1) is 0 Å². The zero-order valence-corrected chi connectivity index (χ0v) is 10.5. The number of hydrogen-bond acceptors (Lipinski definition) is 3. The Balaban J connectivity index is 2.40. The Kier molecular flexibility index (Phi) is 5.60. The van der Waals surface area contributed by atoms with E-state index < -0.39 is 0 Å². The van der Waals surface area contributed by atoms with Gasteiger partial charge in [0.2, 0.25) is 0 Å². The number of ether oxygens (including phenoxy) is 1. The standard InChI is InChI=1S/C12H19ClN2O/c1-9(2)7-11(15-14)8-16-12-5-3-10(13)4-6-12/h3-6,9,11,15H,7-8,14H2,1-2H3. The summed E-state index contributed by atoms with van der Waals surface area (Å²) >= 11 is 5.78. The molecule has 3 nitrogen and oxygen atoms in total. The number of benzene rings is 1. The summed E-state index contributed by atoms with van der Waals surface area (Å²) in [6, 6.07) is 7.50.